The van der Waals surface area contributed by atoms with Crippen molar-refractivity contribution in [2.24, 2.45) is 18.9 Å². The number of pyridine rings is 1. The van der Waals surface area contributed by atoms with Crippen LogP contribution in [-0.4, -0.2) is 26.1 Å². The van der Waals surface area contributed by atoms with E-state index in [9.17, 15) is 9.18 Å². The summed E-state index contributed by atoms with van der Waals surface area (Å²) in [5.41, 5.74) is 2.31. The maximum absolute atomic E-state index is 14.3. The number of halogens is 1. The van der Waals surface area contributed by atoms with Crippen LogP contribution < -0.4 is 5.32 Å². The summed E-state index contributed by atoms with van der Waals surface area (Å²) in [6.45, 7) is 5.44. The quantitative estimate of drug-likeness (QED) is 0.692. The second kappa shape index (κ2) is 8.72. The summed E-state index contributed by atoms with van der Waals surface area (Å²) in [5.74, 6) is -0.553. The predicted octanol–water partition coefficient (Wildman–Crippen LogP) is 4.42. The van der Waals surface area contributed by atoms with Crippen LogP contribution in [0.2, 0.25) is 0 Å². The fourth-order valence-electron chi connectivity index (χ4n) is 3.00. The van der Waals surface area contributed by atoms with E-state index in [1.54, 1.807) is 30.1 Å². The summed E-state index contributed by atoms with van der Waals surface area (Å²) >= 11 is 0. The van der Waals surface area contributed by atoms with Crippen LogP contribution in [0.25, 0.3) is 11.3 Å². The highest BCUT2D eigenvalue weighted by atomic mass is 31.0. The lowest BCUT2D eigenvalue weighted by Gasteiger charge is -2.28. The molecule has 0 aliphatic rings. The minimum Gasteiger partial charge on any atom is -0.326 e. The first-order valence-electron chi connectivity index (χ1n) is 8.94. The van der Waals surface area contributed by atoms with Gasteiger partial charge in [0.15, 0.2) is 0 Å². The lowest BCUT2D eigenvalue weighted by molar-refractivity contribution is -0.120. The molecule has 0 saturated carbocycles. The molecule has 7 heteroatoms. The lowest BCUT2D eigenvalue weighted by Crippen LogP contribution is -2.29. The number of aromatic nitrogens is 3. The van der Waals surface area contributed by atoms with Gasteiger partial charge in [-0.25, -0.2) is 4.39 Å². The molecule has 2 aromatic rings. The molecule has 2 rings (SSSR count). The maximum atomic E-state index is 14.3. The first-order chi connectivity index (χ1) is 12.2. The molecule has 1 N–H and O–H groups in total. The molecular weight excluding hydrogens is 350 g/mol. The van der Waals surface area contributed by atoms with Crippen molar-refractivity contribution in [3.05, 3.63) is 30.7 Å². The Morgan fingerprint density at radius 2 is 2.23 bits per heavy atom. The molecule has 1 amide bonds. The Labute approximate surface area is 157 Å². The molecule has 0 aliphatic heterocycles. The number of carbonyl (C=O) groups excluding carboxylic acids is 1. The summed E-state index contributed by atoms with van der Waals surface area (Å²) in [7, 11) is 4.11. The highest BCUT2D eigenvalue weighted by Gasteiger charge is 2.31. The largest absolute Gasteiger partial charge is 0.326 e. The van der Waals surface area contributed by atoms with Gasteiger partial charge in [-0.3, -0.25) is 14.5 Å². The normalized spacial score (nSPS) is 15.9. The predicted molar refractivity (Wildman–Crippen MR) is 106 cm³/mol. The van der Waals surface area contributed by atoms with Gasteiger partial charge in [-0.2, -0.15) is 5.10 Å². The molecule has 4 unspecified atom stereocenters. The van der Waals surface area contributed by atoms with Gasteiger partial charge >= 0.3 is 0 Å². The van der Waals surface area contributed by atoms with E-state index in [1.807, 2.05) is 33.2 Å². The average Bonchev–Trinajstić information content (AvgIpc) is 3.00. The number of aryl methyl sites for hydroxylation is 1. The minimum absolute atomic E-state index is 0.108. The Morgan fingerprint density at radius 1 is 1.50 bits per heavy atom. The number of anilines is 1. The van der Waals surface area contributed by atoms with E-state index in [1.165, 1.54) is 0 Å². The second-order valence-electron chi connectivity index (χ2n) is 7.10. The first-order valence-corrected chi connectivity index (χ1v) is 9.52. The van der Waals surface area contributed by atoms with Gasteiger partial charge in [-0.05, 0) is 37.8 Å². The van der Waals surface area contributed by atoms with Crippen molar-refractivity contribution in [3.63, 3.8) is 0 Å². The third-order valence-corrected chi connectivity index (χ3v) is 5.02. The van der Waals surface area contributed by atoms with Gasteiger partial charge < -0.3 is 5.32 Å². The molecule has 0 fully saturated rings. The first kappa shape index (κ1) is 20.5. The fraction of sp³-hybridized carbons (Fsp3) is 0.526. The molecule has 0 bridgehead atoms. The molecule has 0 aliphatic carbocycles. The van der Waals surface area contributed by atoms with Gasteiger partial charge in [-0.15, -0.1) is 0 Å². The van der Waals surface area contributed by atoms with E-state index in [0.717, 1.165) is 24.1 Å². The molecule has 0 radical (unpaired) electrons. The zero-order valence-electron chi connectivity index (χ0n) is 15.9. The molecular formula is C19H28FN4OP. The molecule has 2 aromatic heterocycles. The standard InChI is InChI=1S/C19H28FN4OP/c1-5-6-15(19(3,20)26)9-13(2)18(25)23-16-7-8-21-17(10-16)14-11-22-24(4)12-14/h7-8,10-13,15H,5-6,9,26H2,1-4H3,(H,21,23,25). The van der Waals surface area contributed by atoms with Crippen LogP contribution in [0.1, 0.15) is 40.0 Å². The average molecular weight is 378 g/mol. The van der Waals surface area contributed by atoms with Gasteiger partial charge in [0.1, 0.15) is 5.41 Å². The third kappa shape index (κ3) is 5.60. The van der Waals surface area contributed by atoms with Crippen molar-refractivity contribution in [2.45, 2.75) is 45.4 Å². The SMILES string of the molecule is CCCC(CC(C)C(=O)Nc1ccnc(-c2cnn(C)c2)c1)C(C)(F)P. The van der Waals surface area contributed by atoms with Gasteiger partial charge in [0, 0.05) is 36.6 Å². The van der Waals surface area contributed by atoms with Crippen molar-refractivity contribution in [1.82, 2.24) is 14.8 Å². The van der Waals surface area contributed by atoms with Crippen LogP contribution in [0.4, 0.5) is 10.1 Å². The van der Waals surface area contributed by atoms with Crippen LogP contribution in [0.15, 0.2) is 30.7 Å². The van der Waals surface area contributed by atoms with Crippen molar-refractivity contribution in [1.29, 1.82) is 0 Å². The number of nitrogens with one attached hydrogen (secondary N) is 1. The highest BCUT2D eigenvalue weighted by Crippen LogP contribution is 2.37. The van der Waals surface area contributed by atoms with Gasteiger partial charge in [-0.1, -0.05) is 29.5 Å². The Hall–Kier alpha value is -1.81. The smallest absolute Gasteiger partial charge is 0.227 e. The molecule has 0 aromatic carbocycles. The Balaban J connectivity index is 2.04. The van der Waals surface area contributed by atoms with Crippen molar-refractivity contribution in [2.75, 3.05) is 5.32 Å². The Kier molecular flexibility index (Phi) is 6.87. The highest BCUT2D eigenvalue weighted by molar-refractivity contribution is 7.18. The van der Waals surface area contributed by atoms with E-state index in [0.29, 0.717) is 12.1 Å². The monoisotopic (exact) mass is 378 g/mol. The van der Waals surface area contributed by atoms with Gasteiger partial charge in [0.25, 0.3) is 0 Å². The van der Waals surface area contributed by atoms with Crippen LogP contribution >= 0.6 is 9.24 Å². The molecule has 5 nitrogen and oxygen atoms in total. The zero-order chi connectivity index (χ0) is 19.3. The van der Waals surface area contributed by atoms with Crippen molar-refractivity contribution < 1.29 is 9.18 Å². The number of rotatable bonds is 8. The number of hydrogen-bond acceptors (Lipinski definition) is 3. The number of alkyl halides is 1. The maximum Gasteiger partial charge on any atom is 0.227 e. The lowest BCUT2D eigenvalue weighted by atomic mass is 9.88. The number of carbonyl (C=O) groups is 1. The molecule has 4 atom stereocenters. The number of amides is 1. The van der Waals surface area contributed by atoms with E-state index in [4.69, 9.17) is 0 Å². The van der Waals surface area contributed by atoms with Crippen molar-refractivity contribution in [3.8, 4) is 11.3 Å². The van der Waals surface area contributed by atoms with Crippen LogP contribution in [-0.2, 0) is 11.8 Å². The van der Waals surface area contributed by atoms with Crippen LogP contribution in [0.3, 0.4) is 0 Å². The van der Waals surface area contributed by atoms with E-state index in [2.05, 4.69) is 24.6 Å². The molecule has 0 spiro atoms. The van der Waals surface area contributed by atoms with E-state index in [-0.39, 0.29) is 17.7 Å². The summed E-state index contributed by atoms with van der Waals surface area (Å²) in [6.07, 6.45) is 7.42. The van der Waals surface area contributed by atoms with E-state index < -0.39 is 5.41 Å². The molecule has 0 saturated heterocycles. The van der Waals surface area contributed by atoms with Crippen LogP contribution in [0.5, 0.6) is 0 Å². The summed E-state index contributed by atoms with van der Waals surface area (Å²) in [4.78, 5) is 16.9. The minimum atomic E-state index is -1.37. The Morgan fingerprint density at radius 3 is 2.81 bits per heavy atom. The van der Waals surface area contributed by atoms with Gasteiger partial charge in [0.05, 0.1) is 11.9 Å². The Bertz CT molecular complexity index is 741. The summed E-state index contributed by atoms with van der Waals surface area (Å²) in [6, 6.07) is 3.57. The zero-order valence-corrected chi connectivity index (χ0v) is 17.0. The van der Waals surface area contributed by atoms with Gasteiger partial charge in [0.2, 0.25) is 5.91 Å². The summed E-state index contributed by atoms with van der Waals surface area (Å²) in [5, 5.41) is 5.69. The molecule has 142 valence electrons. The molecule has 26 heavy (non-hydrogen) atoms. The molecule has 2 heterocycles. The van der Waals surface area contributed by atoms with E-state index >= 15 is 0 Å². The fourth-order valence-corrected chi connectivity index (χ4v) is 3.30. The second-order valence-corrected chi connectivity index (χ2v) is 8.22. The van der Waals surface area contributed by atoms with Crippen LogP contribution in [0, 0.1) is 11.8 Å². The third-order valence-electron chi connectivity index (χ3n) is 4.55. The summed E-state index contributed by atoms with van der Waals surface area (Å²) < 4.78 is 16.1. The number of nitrogens with zero attached hydrogens (tertiary/aromatic N) is 3. The van der Waals surface area contributed by atoms with Crippen molar-refractivity contribution >= 4 is 20.8 Å². The topological polar surface area (TPSA) is 59.8 Å². The number of hydrogen-bond donors (Lipinski definition) is 1.